The fourth-order valence-corrected chi connectivity index (χ4v) is 7.72. The van der Waals surface area contributed by atoms with Crippen LogP contribution in [-0.2, 0) is 27.1 Å². The molecule has 0 saturated heterocycles. The highest BCUT2D eigenvalue weighted by molar-refractivity contribution is 6.37. The van der Waals surface area contributed by atoms with Gasteiger partial charge in [-0.15, -0.1) is 0 Å². The summed E-state index contributed by atoms with van der Waals surface area (Å²) in [7, 11) is 0. The lowest BCUT2D eigenvalue weighted by Gasteiger charge is -2.35. The fraction of sp³-hybridized carbons (Fsp3) is 0.364. The van der Waals surface area contributed by atoms with Crippen molar-refractivity contribution in [1.29, 1.82) is 0 Å². The van der Waals surface area contributed by atoms with E-state index in [1.165, 1.54) is 27.8 Å². The summed E-state index contributed by atoms with van der Waals surface area (Å²) in [6.07, 6.45) is 1.88. The van der Waals surface area contributed by atoms with Gasteiger partial charge in [0, 0.05) is 28.8 Å². The minimum absolute atomic E-state index is 0.000615. The third-order valence-corrected chi connectivity index (χ3v) is 11.8. The maximum atomic E-state index is 8.03. The number of hydrogen-bond donors (Lipinski definition) is 0. The molecule has 3 nitrogen and oxygen atoms in total. The molecule has 6 aromatic rings. The van der Waals surface area contributed by atoms with Crippen molar-refractivity contribution >= 4 is 45.7 Å². The van der Waals surface area contributed by atoms with Gasteiger partial charge >= 0.3 is 0 Å². The summed E-state index contributed by atoms with van der Waals surface area (Å²) in [6, 6.07) is 44.6. The first-order valence-electron chi connectivity index (χ1n) is 21.2. The van der Waals surface area contributed by atoms with E-state index in [4.69, 9.17) is 16.6 Å². The first kappa shape index (κ1) is 43.7. The van der Waals surface area contributed by atoms with Crippen LogP contribution in [0, 0.1) is 0 Å². The van der Waals surface area contributed by atoms with Gasteiger partial charge in [0.2, 0.25) is 0 Å². The largest absolute Gasteiger partial charge is 0.309 e. The first-order chi connectivity index (χ1) is 27.3. The minimum Gasteiger partial charge on any atom is -0.309 e. The molecule has 59 heavy (non-hydrogen) atoms. The highest BCUT2D eigenvalue weighted by Gasteiger charge is 2.30. The Morgan fingerprint density at radius 1 is 0.373 bits per heavy atom. The number of pyridine rings is 1. The summed E-state index contributed by atoms with van der Waals surface area (Å²) < 4.78 is 0. The molecule has 0 fully saturated rings. The van der Waals surface area contributed by atoms with E-state index in [0.29, 0.717) is 5.02 Å². The van der Waals surface area contributed by atoms with Gasteiger partial charge < -0.3 is 9.80 Å². The minimum atomic E-state index is -0.201. The van der Waals surface area contributed by atoms with Crippen LogP contribution in [0.2, 0.25) is 5.02 Å². The Labute approximate surface area is 361 Å². The van der Waals surface area contributed by atoms with Crippen molar-refractivity contribution in [2.45, 2.75) is 131 Å². The lowest BCUT2D eigenvalue weighted by molar-refractivity contribution is 0.589. The van der Waals surface area contributed by atoms with E-state index in [2.05, 4.69) is 229 Å². The van der Waals surface area contributed by atoms with E-state index in [1.807, 2.05) is 12.3 Å². The van der Waals surface area contributed by atoms with Crippen LogP contribution in [-0.4, -0.2) is 4.98 Å². The molecule has 0 spiro atoms. The molecule has 1 aromatic heterocycles. The second-order valence-electron chi connectivity index (χ2n) is 21.3. The van der Waals surface area contributed by atoms with Crippen LogP contribution in [0.3, 0.4) is 0 Å². The Balaban J connectivity index is 1.71. The lowest BCUT2D eigenvalue weighted by atomic mass is 9.84. The summed E-state index contributed by atoms with van der Waals surface area (Å²) in [5.74, 6) is 0. The number of aromatic nitrogens is 1. The maximum absolute atomic E-state index is 8.03. The predicted octanol–water partition coefficient (Wildman–Crippen LogP) is 16.8. The standard InChI is InChI=1S/C55H66ClN3/c1-51(2,3)37-19-26-42(27-20-37)58(43-28-21-38(22-29-43)52(4,5)6)48-35-41(55(13,14)15)36-49(50(48)56)59(44-30-23-39(24-31-44)53(7,8)9)47-32-25-40(54(10,11)12)34-45(47)46-18-16-17-33-57-46/h16-36H,1-15H3. The molecule has 0 bridgehead atoms. The molecular weight excluding hydrogens is 738 g/mol. The van der Waals surface area contributed by atoms with Crippen LogP contribution in [0.5, 0.6) is 0 Å². The fourth-order valence-electron chi connectivity index (χ4n) is 7.44. The molecule has 0 saturated carbocycles. The Hall–Kier alpha value is -4.86. The van der Waals surface area contributed by atoms with E-state index >= 15 is 0 Å². The Kier molecular flexibility index (Phi) is 11.8. The van der Waals surface area contributed by atoms with Crippen molar-refractivity contribution < 1.29 is 0 Å². The number of halogens is 1. The Bertz CT molecular complexity index is 2320. The van der Waals surface area contributed by atoms with Crippen molar-refractivity contribution in [3.63, 3.8) is 0 Å². The molecule has 6 rings (SSSR count). The summed E-state index contributed by atoms with van der Waals surface area (Å²) >= 11 is 8.03. The molecule has 0 aliphatic heterocycles. The summed E-state index contributed by atoms with van der Waals surface area (Å²) in [6.45, 7) is 34.0. The first-order valence-corrected chi connectivity index (χ1v) is 21.5. The third kappa shape index (κ3) is 9.63. The van der Waals surface area contributed by atoms with Crippen molar-refractivity contribution in [1.82, 2.24) is 4.98 Å². The van der Waals surface area contributed by atoms with Crippen LogP contribution in [0.4, 0.5) is 34.1 Å². The van der Waals surface area contributed by atoms with E-state index in [0.717, 1.165) is 45.4 Å². The Morgan fingerprint density at radius 3 is 1.12 bits per heavy atom. The second kappa shape index (κ2) is 16.0. The monoisotopic (exact) mass is 803 g/mol. The molecule has 0 unspecified atom stereocenters. The zero-order valence-corrected chi connectivity index (χ0v) is 39.1. The molecular formula is C55H66ClN3. The van der Waals surface area contributed by atoms with Gasteiger partial charge in [-0.25, -0.2) is 0 Å². The molecule has 0 N–H and O–H groups in total. The van der Waals surface area contributed by atoms with E-state index in [-0.39, 0.29) is 27.1 Å². The molecule has 0 atom stereocenters. The number of nitrogens with zero attached hydrogens (tertiary/aromatic N) is 3. The SMILES string of the molecule is CC(C)(C)c1ccc(N(c2ccc(C(C)(C)C)cc2)c2cc(C(C)(C)C)cc(N(c3ccc(C(C)(C)C)cc3)c3ccc(C(C)(C)C)cc3-c3ccccn3)c2Cl)cc1. The second-order valence-corrected chi connectivity index (χ2v) is 21.7. The van der Waals surface area contributed by atoms with Crippen LogP contribution in [0.25, 0.3) is 11.3 Å². The molecule has 5 aromatic carbocycles. The van der Waals surface area contributed by atoms with E-state index < -0.39 is 0 Å². The normalized spacial score (nSPS) is 12.7. The summed E-state index contributed by atoms with van der Waals surface area (Å²) in [5.41, 5.74) is 13.9. The highest BCUT2D eigenvalue weighted by Crippen LogP contribution is 2.51. The predicted molar refractivity (Wildman–Crippen MR) is 258 cm³/mol. The Morgan fingerprint density at radius 2 is 0.746 bits per heavy atom. The average molecular weight is 805 g/mol. The molecule has 308 valence electrons. The van der Waals surface area contributed by atoms with Gasteiger partial charge in [0.15, 0.2) is 0 Å². The van der Waals surface area contributed by atoms with Gasteiger partial charge in [-0.3, -0.25) is 4.98 Å². The van der Waals surface area contributed by atoms with Gasteiger partial charge in [-0.2, -0.15) is 0 Å². The summed E-state index contributed by atoms with van der Waals surface area (Å²) in [4.78, 5) is 9.63. The van der Waals surface area contributed by atoms with E-state index in [1.54, 1.807) is 0 Å². The van der Waals surface area contributed by atoms with Crippen LogP contribution in [0.15, 0.2) is 128 Å². The van der Waals surface area contributed by atoms with Crippen molar-refractivity contribution in [2.75, 3.05) is 9.80 Å². The number of anilines is 6. The van der Waals surface area contributed by atoms with Crippen LogP contribution >= 0.6 is 11.6 Å². The quantitative estimate of drug-likeness (QED) is 0.160. The van der Waals surface area contributed by atoms with Crippen molar-refractivity contribution in [2.24, 2.45) is 0 Å². The smallest absolute Gasteiger partial charge is 0.0887 e. The molecule has 1 heterocycles. The van der Waals surface area contributed by atoms with Gasteiger partial charge in [0.1, 0.15) is 0 Å². The van der Waals surface area contributed by atoms with Crippen LogP contribution < -0.4 is 9.80 Å². The maximum Gasteiger partial charge on any atom is 0.0887 e. The van der Waals surface area contributed by atoms with Gasteiger partial charge in [-0.05, 0) is 128 Å². The van der Waals surface area contributed by atoms with Gasteiger partial charge in [-0.1, -0.05) is 164 Å². The van der Waals surface area contributed by atoms with E-state index in [9.17, 15) is 0 Å². The number of rotatable bonds is 7. The zero-order valence-electron chi connectivity index (χ0n) is 38.3. The highest BCUT2D eigenvalue weighted by atomic mass is 35.5. The van der Waals surface area contributed by atoms with Crippen molar-refractivity contribution in [3.8, 4) is 11.3 Å². The van der Waals surface area contributed by atoms with Gasteiger partial charge in [0.25, 0.3) is 0 Å². The summed E-state index contributed by atoms with van der Waals surface area (Å²) in [5, 5.41) is 0.657. The average Bonchev–Trinajstić information content (AvgIpc) is 3.15. The van der Waals surface area contributed by atoms with Gasteiger partial charge in [0.05, 0.1) is 27.8 Å². The molecule has 0 aliphatic rings. The third-order valence-electron chi connectivity index (χ3n) is 11.4. The molecule has 0 amide bonds. The molecule has 0 aliphatic carbocycles. The zero-order chi connectivity index (χ0) is 43.3. The van der Waals surface area contributed by atoms with Crippen molar-refractivity contribution in [3.05, 3.63) is 160 Å². The number of hydrogen-bond acceptors (Lipinski definition) is 3. The molecule has 4 heteroatoms. The number of benzene rings is 5. The lowest BCUT2D eigenvalue weighted by Crippen LogP contribution is -2.20. The molecule has 0 radical (unpaired) electrons. The van der Waals surface area contributed by atoms with Crippen LogP contribution in [0.1, 0.15) is 132 Å². The topological polar surface area (TPSA) is 19.4 Å².